The number of aromatic nitrogens is 1. The van der Waals surface area contributed by atoms with E-state index < -0.39 is 20.7 Å². The Morgan fingerprint density at radius 3 is 2.58 bits per heavy atom. The summed E-state index contributed by atoms with van der Waals surface area (Å²) in [6.45, 7) is 0. The normalized spacial score (nSPS) is 11.6. The maximum absolute atomic E-state index is 12.7. The summed E-state index contributed by atoms with van der Waals surface area (Å²) in [5.41, 5.74) is 0. The maximum Gasteiger partial charge on any atom is 0.231 e. The molecule has 12 heavy (non-hydrogen) atoms. The molecule has 0 saturated heterocycles. The van der Waals surface area contributed by atoms with Crippen LogP contribution in [0.1, 0.15) is 0 Å². The van der Waals surface area contributed by atoms with E-state index in [2.05, 4.69) is 4.98 Å². The summed E-state index contributed by atoms with van der Waals surface area (Å²) < 4.78 is 34.5. The highest BCUT2D eigenvalue weighted by Crippen LogP contribution is 2.16. The molecule has 0 amide bonds. The fourth-order valence-corrected chi connectivity index (χ4v) is 1.59. The third-order valence-corrected chi connectivity index (χ3v) is 2.46. The Labute approximate surface area is 74.1 Å². The molecular weight excluding hydrogens is 205 g/mol. The molecule has 0 saturated carbocycles. The lowest BCUT2D eigenvalue weighted by Crippen LogP contribution is -2.02. The van der Waals surface area contributed by atoms with Crippen LogP contribution in [0.4, 0.5) is 4.39 Å². The first-order chi connectivity index (χ1) is 5.41. The van der Waals surface area contributed by atoms with Crippen molar-refractivity contribution in [2.24, 2.45) is 0 Å². The molecule has 1 rings (SSSR count). The lowest BCUT2D eigenvalue weighted by molar-refractivity contribution is 0.540. The van der Waals surface area contributed by atoms with Crippen LogP contribution in [0, 0.1) is 5.95 Å². The van der Waals surface area contributed by atoms with Gasteiger partial charge in [-0.2, -0.15) is 4.39 Å². The molecular formula is C6H5ClFNO2S. The highest BCUT2D eigenvalue weighted by molar-refractivity contribution is 7.90. The van der Waals surface area contributed by atoms with Crippen LogP contribution in [-0.4, -0.2) is 19.7 Å². The molecule has 0 aliphatic carbocycles. The first-order valence-electron chi connectivity index (χ1n) is 2.92. The van der Waals surface area contributed by atoms with Gasteiger partial charge in [0.2, 0.25) is 5.95 Å². The molecule has 0 N–H and O–H groups in total. The Bertz CT molecular complexity index is 404. The van der Waals surface area contributed by atoms with Crippen molar-refractivity contribution in [3.63, 3.8) is 0 Å². The number of hydrogen-bond donors (Lipinski definition) is 0. The first kappa shape index (κ1) is 9.41. The van der Waals surface area contributed by atoms with Crippen LogP contribution in [0.15, 0.2) is 17.2 Å². The Morgan fingerprint density at radius 2 is 2.17 bits per heavy atom. The van der Waals surface area contributed by atoms with Gasteiger partial charge in [0.15, 0.2) is 9.84 Å². The van der Waals surface area contributed by atoms with Crippen LogP contribution in [0.25, 0.3) is 0 Å². The third-order valence-electron chi connectivity index (χ3n) is 1.17. The van der Waals surface area contributed by atoms with E-state index in [1.54, 1.807) is 0 Å². The molecule has 6 heteroatoms. The smallest absolute Gasteiger partial charge is 0.226 e. The van der Waals surface area contributed by atoms with Gasteiger partial charge in [-0.25, -0.2) is 13.4 Å². The van der Waals surface area contributed by atoms with Crippen molar-refractivity contribution >= 4 is 21.4 Å². The topological polar surface area (TPSA) is 47.0 Å². The SMILES string of the molecule is CS(=O)(=O)c1cc(Cl)cnc1F. The van der Waals surface area contributed by atoms with Gasteiger partial charge >= 0.3 is 0 Å². The van der Waals surface area contributed by atoms with E-state index in [0.717, 1.165) is 18.5 Å². The molecule has 0 aliphatic rings. The van der Waals surface area contributed by atoms with E-state index >= 15 is 0 Å². The zero-order valence-corrected chi connectivity index (χ0v) is 7.66. The standard InChI is InChI=1S/C6H5ClFNO2S/c1-12(10,11)5-2-4(7)3-9-6(5)8/h2-3H,1H3. The second kappa shape index (κ2) is 2.99. The minimum Gasteiger partial charge on any atom is -0.226 e. The highest BCUT2D eigenvalue weighted by Gasteiger charge is 2.14. The van der Waals surface area contributed by atoms with Crippen molar-refractivity contribution in [3.8, 4) is 0 Å². The predicted molar refractivity (Wildman–Crippen MR) is 42.3 cm³/mol. The van der Waals surface area contributed by atoms with Crippen molar-refractivity contribution < 1.29 is 12.8 Å². The molecule has 0 radical (unpaired) electrons. The van der Waals surface area contributed by atoms with E-state index in [1.807, 2.05) is 0 Å². The zero-order chi connectivity index (χ0) is 9.35. The lowest BCUT2D eigenvalue weighted by atomic mass is 10.5. The average Bonchev–Trinajstić information content (AvgIpc) is 1.92. The van der Waals surface area contributed by atoms with E-state index in [9.17, 15) is 12.8 Å². The molecule has 66 valence electrons. The number of rotatable bonds is 1. The van der Waals surface area contributed by atoms with Gasteiger partial charge < -0.3 is 0 Å². The second-order valence-corrected chi connectivity index (χ2v) is 4.64. The van der Waals surface area contributed by atoms with Crippen molar-refractivity contribution in [3.05, 3.63) is 23.2 Å². The monoisotopic (exact) mass is 209 g/mol. The second-order valence-electron chi connectivity index (χ2n) is 2.21. The summed E-state index contributed by atoms with van der Waals surface area (Å²) in [4.78, 5) is 2.69. The van der Waals surface area contributed by atoms with Gasteiger partial charge in [-0.1, -0.05) is 11.6 Å². The lowest BCUT2D eigenvalue weighted by Gasteiger charge is -1.98. The number of sulfone groups is 1. The summed E-state index contributed by atoms with van der Waals surface area (Å²) >= 11 is 5.43. The molecule has 0 fully saturated rings. The van der Waals surface area contributed by atoms with E-state index in [-0.39, 0.29) is 5.02 Å². The van der Waals surface area contributed by atoms with Gasteiger partial charge in [-0.15, -0.1) is 0 Å². The van der Waals surface area contributed by atoms with Crippen LogP contribution >= 0.6 is 11.6 Å². The summed E-state index contributed by atoms with van der Waals surface area (Å²) in [5.74, 6) is -1.03. The fourth-order valence-electron chi connectivity index (χ4n) is 0.664. The van der Waals surface area contributed by atoms with Gasteiger partial charge in [0.25, 0.3) is 0 Å². The van der Waals surface area contributed by atoms with E-state index in [1.165, 1.54) is 0 Å². The number of pyridine rings is 1. The number of hydrogen-bond acceptors (Lipinski definition) is 3. The largest absolute Gasteiger partial charge is 0.231 e. The minimum absolute atomic E-state index is 0.0943. The Morgan fingerprint density at radius 1 is 1.58 bits per heavy atom. The molecule has 1 aromatic heterocycles. The van der Waals surface area contributed by atoms with Gasteiger partial charge in [-0.05, 0) is 6.07 Å². The first-order valence-corrected chi connectivity index (χ1v) is 5.19. The molecule has 1 aromatic rings. The summed E-state index contributed by atoms with van der Waals surface area (Å²) in [6, 6.07) is 1.03. The Balaban J connectivity index is 3.43. The Kier molecular flexibility index (Phi) is 2.34. The number of halogens is 2. The van der Waals surface area contributed by atoms with Crippen molar-refractivity contribution in [2.45, 2.75) is 4.90 Å². The van der Waals surface area contributed by atoms with Crippen molar-refractivity contribution in [1.82, 2.24) is 4.98 Å². The third kappa shape index (κ3) is 1.92. The fraction of sp³-hybridized carbons (Fsp3) is 0.167. The highest BCUT2D eigenvalue weighted by atomic mass is 35.5. The Hall–Kier alpha value is -0.680. The molecule has 0 aliphatic heterocycles. The van der Waals surface area contributed by atoms with Crippen LogP contribution in [0.5, 0.6) is 0 Å². The van der Waals surface area contributed by atoms with Gasteiger partial charge in [0.05, 0.1) is 5.02 Å². The van der Waals surface area contributed by atoms with Crippen LogP contribution in [-0.2, 0) is 9.84 Å². The maximum atomic E-state index is 12.7. The van der Waals surface area contributed by atoms with Crippen LogP contribution in [0.2, 0.25) is 5.02 Å². The molecule has 0 atom stereocenters. The molecule has 3 nitrogen and oxygen atoms in total. The van der Waals surface area contributed by atoms with Gasteiger partial charge in [0.1, 0.15) is 4.90 Å². The summed E-state index contributed by atoms with van der Waals surface area (Å²) in [5, 5.41) is 0.0943. The van der Waals surface area contributed by atoms with Crippen molar-refractivity contribution in [2.75, 3.05) is 6.26 Å². The summed E-state index contributed by atoms with van der Waals surface area (Å²) in [7, 11) is -3.58. The van der Waals surface area contributed by atoms with Crippen molar-refractivity contribution in [1.29, 1.82) is 0 Å². The average molecular weight is 210 g/mol. The molecule has 0 aromatic carbocycles. The molecule has 0 unspecified atom stereocenters. The quantitative estimate of drug-likeness (QED) is 0.655. The van der Waals surface area contributed by atoms with E-state index in [0.29, 0.717) is 0 Å². The predicted octanol–water partition coefficient (Wildman–Crippen LogP) is 1.28. The van der Waals surface area contributed by atoms with Gasteiger partial charge in [0, 0.05) is 12.5 Å². The number of nitrogens with zero attached hydrogens (tertiary/aromatic N) is 1. The molecule has 1 heterocycles. The zero-order valence-electron chi connectivity index (χ0n) is 6.08. The van der Waals surface area contributed by atoms with Gasteiger partial charge in [-0.3, -0.25) is 0 Å². The van der Waals surface area contributed by atoms with E-state index in [4.69, 9.17) is 11.6 Å². The molecule has 0 spiro atoms. The minimum atomic E-state index is -3.58. The van der Waals surface area contributed by atoms with Crippen LogP contribution < -0.4 is 0 Å². The molecule has 0 bridgehead atoms. The summed E-state index contributed by atoms with van der Waals surface area (Å²) in [6.07, 6.45) is 1.94. The van der Waals surface area contributed by atoms with Crippen LogP contribution in [0.3, 0.4) is 0 Å².